The van der Waals surface area contributed by atoms with Gasteiger partial charge in [-0.25, -0.2) is 9.78 Å². The number of rotatable bonds is 12. The van der Waals surface area contributed by atoms with Gasteiger partial charge < -0.3 is 24.8 Å². The van der Waals surface area contributed by atoms with Gasteiger partial charge in [0, 0.05) is 43.5 Å². The molecule has 3 aliphatic heterocycles. The Balaban J connectivity index is 1.06. The van der Waals surface area contributed by atoms with Gasteiger partial charge in [0.2, 0.25) is 11.8 Å². The third-order valence-corrected chi connectivity index (χ3v) is 11.0. The molecular weight excluding hydrogens is 667 g/mol. The summed E-state index contributed by atoms with van der Waals surface area (Å²) in [5, 5.41) is 2.72. The van der Waals surface area contributed by atoms with Gasteiger partial charge in [0.15, 0.2) is 0 Å². The number of methoxy groups -OCH3 is 1. The molecule has 0 spiro atoms. The number of benzene rings is 2. The van der Waals surface area contributed by atoms with Crippen LogP contribution in [-0.2, 0) is 14.3 Å². The Hall–Kier alpha value is -4.77. The Kier molecular flexibility index (Phi) is 11.8. The number of carbonyl (C=O) groups is 3. The summed E-state index contributed by atoms with van der Waals surface area (Å²) < 4.78 is 4.77. The average molecular weight is 722 g/mol. The van der Waals surface area contributed by atoms with Gasteiger partial charge in [0.1, 0.15) is 11.9 Å². The molecule has 0 bridgehead atoms. The maximum Gasteiger partial charge on any atom is 0.407 e. The first-order valence-corrected chi connectivity index (χ1v) is 19.2. The van der Waals surface area contributed by atoms with Gasteiger partial charge in [-0.3, -0.25) is 19.5 Å². The van der Waals surface area contributed by atoms with Crippen LogP contribution in [0.3, 0.4) is 0 Å². The zero-order chi connectivity index (χ0) is 37.8. The van der Waals surface area contributed by atoms with Gasteiger partial charge in [-0.15, -0.1) is 0 Å². The first kappa shape index (κ1) is 38.0. The van der Waals surface area contributed by atoms with Crippen LogP contribution in [0.5, 0.6) is 0 Å². The summed E-state index contributed by atoms with van der Waals surface area (Å²) in [6.45, 7) is 14.2. The molecule has 3 aromatic rings. The van der Waals surface area contributed by atoms with Crippen molar-refractivity contribution in [2.24, 2.45) is 10.9 Å². The van der Waals surface area contributed by atoms with Gasteiger partial charge in [-0.2, -0.15) is 0 Å². The number of amides is 3. The van der Waals surface area contributed by atoms with E-state index in [1.807, 2.05) is 36.0 Å². The topological polar surface area (TPSA) is 123 Å². The maximum atomic E-state index is 13.5. The van der Waals surface area contributed by atoms with Crippen molar-refractivity contribution in [2.45, 2.75) is 104 Å². The number of carbonyl (C=O) groups excluding carboxylic acids is 3. The number of nitrogens with one attached hydrogen (secondary N) is 2. The molecule has 0 saturated carbocycles. The van der Waals surface area contributed by atoms with E-state index in [1.54, 1.807) is 0 Å². The zero-order valence-corrected chi connectivity index (χ0v) is 32.3. The summed E-state index contributed by atoms with van der Waals surface area (Å²) in [5.41, 5.74) is 7.45. The number of imidazole rings is 1. The van der Waals surface area contributed by atoms with Gasteiger partial charge in [-0.1, -0.05) is 62.4 Å². The van der Waals surface area contributed by atoms with Crippen LogP contribution >= 0.6 is 0 Å². The van der Waals surface area contributed by atoms with Gasteiger partial charge >= 0.3 is 6.09 Å². The normalized spacial score (nSPS) is 19.4. The molecule has 11 heteroatoms. The minimum atomic E-state index is -0.646. The van der Waals surface area contributed by atoms with Crippen molar-refractivity contribution >= 4 is 29.2 Å². The summed E-state index contributed by atoms with van der Waals surface area (Å²) in [6.07, 6.45) is 7.54. The van der Waals surface area contributed by atoms with Crippen molar-refractivity contribution in [3.05, 3.63) is 72.3 Å². The zero-order valence-electron chi connectivity index (χ0n) is 32.3. The van der Waals surface area contributed by atoms with Crippen molar-refractivity contribution in [1.82, 2.24) is 30.0 Å². The summed E-state index contributed by atoms with van der Waals surface area (Å²) in [6, 6.07) is 16.9. The van der Waals surface area contributed by atoms with Crippen molar-refractivity contribution in [1.29, 1.82) is 0 Å². The fraction of sp³-hybridized carbons (Fsp3) is 0.500. The lowest BCUT2D eigenvalue weighted by molar-refractivity contribution is -0.135. The minimum absolute atomic E-state index is 0.0289. The number of allylic oxidation sites excluding steroid dienone is 1. The summed E-state index contributed by atoms with van der Waals surface area (Å²) in [5.74, 6) is 0.855. The molecule has 2 saturated heterocycles. The number of aromatic amines is 1. The number of hydrogen-bond acceptors (Lipinski definition) is 7. The fourth-order valence-electron chi connectivity index (χ4n) is 8.01. The molecule has 1 aromatic heterocycles. The van der Waals surface area contributed by atoms with Crippen LogP contribution in [0, 0.1) is 5.92 Å². The lowest BCUT2D eigenvalue weighted by atomic mass is 9.95. The Morgan fingerprint density at radius 1 is 0.849 bits per heavy atom. The Morgan fingerprint density at radius 3 is 2.04 bits per heavy atom. The fourth-order valence-corrected chi connectivity index (χ4v) is 8.01. The van der Waals surface area contributed by atoms with Crippen LogP contribution in [0.2, 0.25) is 0 Å². The molecule has 2 fully saturated rings. The highest BCUT2D eigenvalue weighted by Crippen LogP contribution is 2.34. The highest BCUT2D eigenvalue weighted by Gasteiger charge is 2.38. The standard InChI is InChI=1S/C42H55N7O4/c1-26(2)39(46-42(52)53-7)41(51)48-21-8-10-36(48)34-22-33(23-43-34)31-14-12-29(13-15-31)30-16-18-32(19-17-30)35-24-44-40(45-35)37-11-9-20-47(37)38(50)25-49(27(3)4)28(5)6/h12-19,23-24,26-28,36-37,39H,8-11,20-22,25H2,1-7H3,(H,44,45)(H,46,52)/t36-,37-,39-/m0/s1. The number of H-pyrrole nitrogens is 1. The first-order valence-electron chi connectivity index (χ1n) is 19.2. The summed E-state index contributed by atoms with van der Waals surface area (Å²) >= 11 is 0. The lowest BCUT2D eigenvalue weighted by Gasteiger charge is -2.32. The maximum absolute atomic E-state index is 13.5. The molecule has 2 aromatic carbocycles. The molecule has 2 N–H and O–H groups in total. The van der Waals surface area contributed by atoms with Gasteiger partial charge in [0.05, 0.1) is 37.6 Å². The van der Waals surface area contributed by atoms with Crippen LogP contribution in [0.4, 0.5) is 4.79 Å². The van der Waals surface area contributed by atoms with Gasteiger partial charge in [-0.05, 0) is 87.1 Å². The molecule has 11 nitrogen and oxygen atoms in total. The Bertz CT molecular complexity index is 1820. The van der Waals surface area contributed by atoms with Crippen molar-refractivity contribution in [2.75, 3.05) is 26.7 Å². The molecule has 0 aliphatic carbocycles. The molecule has 6 rings (SSSR count). The number of aliphatic imine (C=N–C) groups is 1. The molecule has 4 heterocycles. The number of likely N-dealkylation sites (tertiary alicyclic amines) is 2. The Morgan fingerprint density at radius 2 is 1.43 bits per heavy atom. The van der Waals surface area contributed by atoms with Crippen molar-refractivity contribution in [3.63, 3.8) is 0 Å². The van der Waals surface area contributed by atoms with E-state index >= 15 is 0 Å². The molecule has 3 amide bonds. The molecule has 0 unspecified atom stereocenters. The molecule has 53 heavy (non-hydrogen) atoms. The molecule has 0 radical (unpaired) electrons. The predicted octanol–water partition coefficient (Wildman–Crippen LogP) is 7.08. The van der Waals surface area contributed by atoms with Crippen LogP contribution in [-0.4, -0.2) is 99.2 Å². The van der Waals surface area contributed by atoms with E-state index in [1.165, 1.54) is 7.11 Å². The van der Waals surface area contributed by atoms with E-state index in [0.29, 0.717) is 31.6 Å². The van der Waals surface area contributed by atoms with E-state index in [0.717, 1.165) is 77.3 Å². The largest absolute Gasteiger partial charge is 0.453 e. The van der Waals surface area contributed by atoms with Gasteiger partial charge in [0.25, 0.3) is 0 Å². The van der Waals surface area contributed by atoms with Crippen LogP contribution in [0.25, 0.3) is 28.0 Å². The van der Waals surface area contributed by atoms with E-state index in [4.69, 9.17) is 14.7 Å². The monoisotopic (exact) mass is 721 g/mol. The summed E-state index contributed by atoms with van der Waals surface area (Å²) in [4.78, 5) is 58.0. The van der Waals surface area contributed by atoms with Crippen LogP contribution in [0.15, 0.2) is 65.9 Å². The number of aromatic nitrogens is 2. The quantitative estimate of drug-likeness (QED) is 0.206. The summed E-state index contributed by atoms with van der Waals surface area (Å²) in [7, 11) is 1.31. The van der Waals surface area contributed by atoms with E-state index in [-0.39, 0.29) is 29.8 Å². The molecule has 3 atom stereocenters. The third kappa shape index (κ3) is 8.40. The smallest absolute Gasteiger partial charge is 0.407 e. The highest BCUT2D eigenvalue weighted by molar-refractivity contribution is 6.03. The predicted molar refractivity (Wildman–Crippen MR) is 209 cm³/mol. The molecular formula is C42H55N7O4. The lowest BCUT2D eigenvalue weighted by Crippen LogP contribution is -2.53. The number of ether oxygens (including phenoxy) is 1. The van der Waals surface area contributed by atoms with E-state index < -0.39 is 12.1 Å². The molecule has 3 aliphatic rings. The number of hydrogen-bond donors (Lipinski definition) is 2. The second-order valence-electron chi connectivity index (χ2n) is 15.4. The van der Waals surface area contributed by atoms with Crippen molar-refractivity contribution < 1.29 is 19.1 Å². The SMILES string of the molecule is COC(=O)N[C@H](C(=O)N1CCC[C@H]1C1=NC=C(c2ccc(-c3ccc(-c4cnc([C@@H]5CCCN5C(=O)CN(C(C)C)C(C)C)[nH]4)cc3)cc2)C1)C(C)C. The van der Waals surface area contributed by atoms with Crippen LogP contribution < -0.4 is 5.32 Å². The Labute approximate surface area is 313 Å². The average Bonchev–Trinajstić information content (AvgIpc) is 3.98. The van der Waals surface area contributed by atoms with Crippen LogP contribution in [0.1, 0.15) is 91.1 Å². The van der Waals surface area contributed by atoms with E-state index in [9.17, 15) is 14.4 Å². The first-order chi connectivity index (χ1) is 25.4. The number of alkyl carbamates (subject to hydrolysis) is 1. The van der Waals surface area contributed by atoms with E-state index in [2.05, 4.69) is 91.4 Å². The molecule has 282 valence electrons. The highest BCUT2D eigenvalue weighted by atomic mass is 16.5. The minimum Gasteiger partial charge on any atom is -0.453 e. The second-order valence-corrected chi connectivity index (χ2v) is 15.4. The van der Waals surface area contributed by atoms with Crippen molar-refractivity contribution in [3.8, 4) is 22.4 Å². The second kappa shape index (κ2) is 16.5. The third-order valence-electron chi connectivity index (χ3n) is 11.0. The number of nitrogens with zero attached hydrogens (tertiary/aromatic N) is 5.